The molecule has 104 valence electrons. The number of halogens is 1. The third kappa shape index (κ3) is 3.66. The zero-order valence-electron chi connectivity index (χ0n) is 11.6. The maximum Gasteiger partial charge on any atom is 0.140 e. The van der Waals surface area contributed by atoms with Gasteiger partial charge in [-0.25, -0.2) is 4.39 Å². The van der Waals surface area contributed by atoms with Gasteiger partial charge in [-0.3, -0.25) is 0 Å². The molecule has 1 unspecified atom stereocenters. The first-order valence-corrected chi connectivity index (χ1v) is 6.56. The molecule has 0 aliphatic carbocycles. The van der Waals surface area contributed by atoms with Crippen molar-refractivity contribution in [2.45, 2.75) is 19.5 Å². The van der Waals surface area contributed by atoms with E-state index in [0.29, 0.717) is 12.1 Å². The fourth-order valence-corrected chi connectivity index (χ4v) is 2.00. The molecule has 0 spiro atoms. The summed E-state index contributed by atoms with van der Waals surface area (Å²) in [7, 11) is 0. The summed E-state index contributed by atoms with van der Waals surface area (Å²) in [5.41, 5.74) is 2.61. The summed E-state index contributed by atoms with van der Waals surface area (Å²) in [6.45, 7) is 2.55. The molecule has 2 rings (SSSR count). The van der Waals surface area contributed by atoms with Crippen LogP contribution in [-0.4, -0.2) is 0 Å². The van der Waals surface area contributed by atoms with E-state index in [2.05, 4.69) is 11.4 Å². The van der Waals surface area contributed by atoms with Crippen molar-refractivity contribution in [3.63, 3.8) is 0 Å². The fourth-order valence-electron chi connectivity index (χ4n) is 2.00. The Morgan fingerprint density at radius 3 is 2.43 bits per heavy atom. The van der Waals surface area contributed by atoms with Crippen LogP contribution in [0, 0.1) is 28.5 Å². The van der Waals surface area contributed by atoms with Crippen molar-refractivity contribution in [3.05, 3.63) is 70.5 Å². The summed E-state index contributed by atoms with van der Waals surface area (Å²) in [4.78, 5) is 0. The van der Waals surface area contributed by atoms with Crippen LogP contribution < -0.4 is 5.32 Å². The monoisotopic (exact) mass is 279 g/mol. The first-order valence-electron chi connectivity index (χ1n) is 6.56. The van der Waals surface area contributed by atoms with Crippen molar-refractivity contribution in [1.82, 2.24) is 5.32 Å². The molecule has 2 aromatic carbocycles. The molecule has 3 nitrogen and oxygen atoms in total. The molecule has 0 aliphatic rings. The standard InChI is InChI=1S/C17H14FN3/c1-12(15-5-2-13(9-19)3-6-15)21-11-14-4-7-17(18)16(8-14)10-20/h2-8,12,21H,11H2,1H3. The van der Waals surface area contributed by atoms with Crippen LogP contribution in [-0.2, 0) is 6.54 Å². The molecule has 0 aliphatic heterocycles. The summed E-state index contributed by atoms with van der Waals surface area (Å²) in [5, 5.41) is 20.9. The van der Waals surface area contributed by atoms with Gasteiger partial charge in [0.1, 0.15) is 11.9 Å². The van der Waals surface area contributed by atoms with E-state index >= 15 is 0 Å². The number of hydrogen-bond donors (Lipinski definition) is 1. The highest BCUT2D eigenvalue weighted by atomic mass is 19.1. The Labute approximate surface area is 123 Å². The molecule has 21 heavy (non-hydrogen) atoms. The molecule has 0 fully saturated rings. The average Bonchev–Trinajstić information content (AvgIpc) is 2.53. The maximum absolute atomic E-state index is 13.2. The molecule has 0 amide bonds. The van der Waals surface area contributed by atoms with Crippen LogP contribution in [0.4, 0.5) is 4.39 Å². The van der Waals surface area contributed by atoms with Crippen LogP contribution in [0.1, 0.15) is 35.2 Å². The zero-order valence-corrected chi connectivity index (χ0v) is 11.6. The van der Waals surface area contributed by atoms with Crippen LogP contribution in [0.25, 0.3) is 0 Å². The number of benzene rings is 2. The summed E-state index contributed by atoms with van der Waals surface area (Å²) in [5.74, 6) is -0.499. The quantitative estimate of drug-likeness (QED) is 0.932. The van der Waals surface area contributed by atoms with E-state index in [1.54, 1.807) is 24.3 Å². The molecular weight excluding hydrogens is 265 g/mol. The molecule has 4 heteroatoms. The van der Waals surface area contributed by atoms with Gasteiger partial charge in [-0.05, 0) is 42.3 Å². The fraction of sp³-hybridized carbons (Fsp3) is 0.176. The topological polar surface area (TPSA) is 59.6 Å². The maximum atomic E-state index is 13.2. The van der Waals surface area contributed by atoms with Crippen LogP contribution in [0.2, 0.25) is 0 Å². The molecular formula is C17H14FN3. The Morgan fingerprint density at radius 1 is 1.10 bits per heavy atom. The van der Waals surface area contributed by atoms with Gasteiger partial charge in [0.05, 0.1) is 17.2 Å². The number of nitrogens with one attached hydrogen (secondary N) is 1. The molecule has 0 bridgehead atoms. The van der Waals surface area contributed by atoms with Gasteiger partial charge < -0.3 is 5.32 Å². The first kappa shape index (κ1) is 14.7. The lowest BCUT2D eigenvalue weighted by Crippen LogP contribution is -2.18. The predicted molar refractivity (Wildman–Crippen MR) is 77.5 cm³/mol. The molecule has 0 heterocycles. The smallest absolute Gasteiger partial charge is 0.140 e. The van der Waals surface area contributed by atoms with Crippen molar-refractivity contribution in [3.8, 4) is 12.1 Å². The van der Waals surface area contributed by atoms with Crippen molar-refractivity contribution in [2.75, 3.05) is 0 Å². The Bertz CT molecular complexity index is 708. The minimum Gasteiger partial charge on any atom is -0.306 e. The SMILES string of the molecule is CC(NCc1ccc(F)c(C#N)c1)c1ccc(C#N)cc1. The molecule has 0 saturated heterocycles. The second-order valence-electron chi connectivity index (χ2n) is 4.76. The summed E-state index contributed by atoms with van der Waals surface area (Å²) < 4.78 is 13.2. The van der Waals surface area contributed by atoms with Crippen molar-refractivity contribution >= 4 is 0 Å². The van der Waals surface area contributed by atoms with Crippen LogP contribution >= 0.6 is 0 Å². The average molecular weight is 279 g/mol. The summed E-state index contributed by atoms with van der Waals surface area (Å²) >= 11 is 0. The van der Waals surface area contributed by atoms with Crippen molar-refractivity contribution in [2.24, 2.45) is 0 Å². The van der Waals surface area contributed by atoms with Crippen LogP contribution in [0.3, 0.4) is 0 Å². The lowest BCUT2D eigenvalue weighted by molar-refractivity contribution is 0.572. The number of nitrogens with zero attached hydrogens (tertiary/aromatic N) is 2. The molecule has 0 aromatic heterocycles. The minimum absolute atomic E-state index is 0.0559. The summed E-state index contributed by atoms with van der Waals surface area (Å²) in [6.07, 6.45) is 0. The largest absolute Gasteiger partial charge is 0.306 e. The third-order valence-corrected chi connectivity index (χ3v) is 3.30. The minimum atomic E-state index is -0.499. The second kappa shape index (κ2) is 6.65. The summed E-state index contributed by atoms with van der Waals surface area (Å²) in [6, 6.07) is 15.9. The predicted octanol–water partition coefficient (Wildman–Crippen LogP) is 3.42. The molecule has 0 saturated carbocycles. The van der Waals surface area contributed by atoms with E-state index < -0.39 is 5.82 Å². The molecule has 1 atom stereocenters. The van der Waals surface area contributed by atoms with E-state index in [1.165, 1.54) is 6.07 Å². The van der Waals surface area contributed by atoms with E-state index in [1.807, 2.05) is 25.1 Å². The van der Waals surface area contributed by atoms with Gasteiger partial charge in [0, 0.05) is 12.6 Å². The van der Waals surface area contributed by atoms with Gasteiger partial charge in [0.15, 0.2) is 0 Å². The first-order chi connectivity index (χ1) is 10.1. The number of nitriles is 2. The molecule has 1 N–H and O–H groups in total. The lowest BCUT2D eigenvalue weighted by atomic mass is 10.1. The van der Waals surface area contributed by atoms with Crippen LogP contribution in [0.5, 0.6) is 0 Å². The van der Waals surface area contributed by atoms with E-state index in [0.717, 1.165) is 11.1 Å². The number of rotatable bonds is 4. The Hall–Kier alpha value is -2.69. The Morgan fingerprint density at radius 2 is 1.81 bits per heavy atom. The zero-order chi connectivity index (χ0) is 15.2. The van der Waals surface area contributed by atoms with Gasteiger partial charge in [0.25, 0.3) is 0 Å². The van der Waals surface area contributed by atoms with E-state index in [-0.39, 0.29) is 11.6 Å². The Balaban J connectivity index is 2.02. The molecule has 0 radical (unpaired) electrons. The highest BCUT2D eigenvalue weighted by molar-refractivity contribution is 5.35. The highest BCUT2D eigenvalue weighted by Crippen LogP contribution is 2.15. The Kier molecular flexibility index (Phi) is 4.66. The third-order valence-electron chi connectivity index (χ3n) is 3.30. The second-order valence-corrected chi connectivity index (χ2v) is 4.76. The van der Waals surface area contributed by atoms with Crippen molar-refractivity contribution < 1.29 is 4.39 Å². The van der Waals surface area contributed by atoms with Gasteiger partial charge in [-0.15, -0.1) is 0 Å². The molecule has 2 aromatic rings. The highest BCUT2D eigenvalue weighted by Gasteiger charge is 2.07. The normalized spacial score (nSPS) is 11.4. The van der Waals surface area contributed by atoms with Gasteiger partial charge in [-0.1, -0.05) is 18.2 Å². The number of hydrogen-bond acceptors (Lipinski definition) is 3. The van der Waals surface area contributed by atoms with E-state index in [9.17, 15) is 4.39 Å². The van der Waals surface area contributed by atoms with E-state index in [4.69, 9.17) is 10.5 Å². The van der Waals surface area contributed by atoms with Gasteiger partial charge in [0.2, 0.25) is 0 Å². The van der Waals surface area contributed by atoms with Gasteiger partial charge >= 0.3 is 0 Å². The van der Waals surface area contributed by atoms with Crippen LogP contribution in [0.15, 0.2) is 42.5 Å². The van der Waals surface area contributed by atoms with Crippen molar-refractivity contribution in [1.29, 1.82) is 10.5 Å². The van der Waals surface area contributed by atoms with Gasteiger partial charge in [-0.2, -0.15) is 10.5 Å². The lowest BCUT2D eigenvalue weighted by Gasteiger charge is -2.14.